The molecule has 2 atom stereocenters. The van der Waals surface area contributed by atoms with E-state index in [0.717, 1.165) is 6.42 Å². The molecule has 0 saturated heterocycles. The van der Waals surface area contributed by atoms with Gasteiger partial charge in [-0.1, -0.05) is 6.42 Å². The monoisotopic (exact) mass is 264 g/mol. The lowest BCUT2D eigenvalue weighted by molar-refractivity contribution is -0.385. The number of ether oxygens (including phenoxy) is 1. The van der Waals surface area contributed by atoms with Crippen LogP contribution < -0.4 is 10.5 Å². The van der Waals surface area contributed by atoms with Crippen molar-refractivity contribution in [3.05, 3.63) is 33.9 Å². The van der Waals surface area contributed by atoms with Crippen molar-refractivity contribution >= 4 is 5.69 Å². The highest BCUT2D eigenvalue weighted by Gasteiger charge is 2.26. The number of nitro benzene ring substituents is 1. The first kappa shape index (κ1) is 13.8. The Morgan fingerprint density at radius 2 is 2.16 bits per heavy atom. The summed E-state index contributed by atoms with van der Waals surface area (Å²) >= 11 is 0. The van der Waals surface area contributed by atoms with Crippen molar-refractivity contribution in [2.45, 2.75) is 26.2 Å². The topological polar surface area (TPSA) is 78.4 Å². The van der Waals surface area contributed by atoms with Crippen LogP contribution >= 0.6 is 0 Å². The van der Waals surface area contributed by atoms with E-state index in [1.165, 1.54) is 18.9 Å². The molecule has 0 amide bonds. The van der Waals surface area contributed by atoms with Crippen LogP contribution in [-0.4, -0.2) is 18.1 Å². The van der Waals surface area contributed by atoms with Gasteiger partial charge in [-0.25, -0.2) is 0 Å². The number of hydrogen-bond acceptors (Lipinski definition) is 4. The van der Waals surface area contributed by atoms with Crippen molar-refractivity contribution in [2.24, 2.45) is 17.6 Å². The summed E-state index contributed by atoms with van der Waals surface area (Å²) in [6, 6.07) is 4.89. The van der Waals surface area contributed by atoms with Crippen molar-refractivity contribution in [3.8, 4) is 5.75 Å². The zero-order valence-corrected chi connectivity index (χ0v) is 11.2. The number of nitro groups is 1. The summed E-state index contributed by atoms with van der Waals surface area (Å²) in [5.74, 6) is 1.77. The maximum absolute atomic E-state index is 10.7. The van der Waals surface area contributed by atoms with Crippen molar-refractivity contribution in [1.29, 1.82) is 0 Å². The van der Waals surface area contributed by atoms with E-state index in [0.29, 0.717) is 36.3 Å². The summed E-state index contributed by atoms with van der Waals surface area (Å²) in [4.78, 5) is 10.4. The minimum atomic E-state index is -0.374. The summed E-state index contributed by atoms with van der Waals surface area (Å²) in [5.41, 5.74) is 6.50. The Labute approximate surface area is 112 Å². The smallest absolute Gasteiger partial charge is 0.272 e. The zero-order valence-electron chi connectivity index (χ0n) is 11.2. The summed E-state index contributed by atoms with van der Waals surface area (Å²) < 4.78 is 5.76. The van der Waals surface area contributed by atoms with Crippen molar-refractivity contribution < 1.29 is 9.66 Å². The molecule has 1 aliphatic rings. The summed E-state index contributed by atoms with van der Waals surface area (Å²) in [6.45, 7) is 3.09. The van der Waals surface area contributed by atoms with Gasteiger partial charge in [0.1, 0.15) is 5.75 Å². The van der Waals surface area contributed by atoms with E-state index in [1.54, 1.807) is 19.1 Å². The van der Waals surface area contributed by atoms with Crippen LogP contribution in [0, 0.1) is 28.9 Å². The molecule has 19 heavy (non-hydrogen) atoms. The molecular weight excluding hydrogens is 244 g/mol. The molecule has 0 bridgehead atoms. The molecule has 5 heteroatoms. The first-order valence-corrected chi connectivity index (χ1v) is 6.69. The minimum absolute atomic E-state index is 0.132. The van der Waals surface area contributed by atoms with Gasteiger partial charge in [-0.2, -0.15) is 0 Å². The molecule has 0 heterocycles. The molecule has 5 nitrogen and oxygen atoms in total. The molecule has 1 aromatic rings. The van der Waals surface area contributed by atoms with Crippen LogP contribution in [0.3, 0.4) is 0 Å². The molecule has 0 radical (unpaired) electrons. The van der Waals surface area contributed by atoms with Crippen molar-refractivity contribution in [2.75, 3.05) is 13.2 Å². The van der Waals surface area contributed by atoms with Crippen LogP contribution in [0.15, 0.2) is 18.2 Å². The summed E-state index contributed by atoms with van der Waals surface area (Å²) in [7, 11) is 0. The first-order valence-electron chi connectivity index (χ1n) is 6.69. The third kappa shape index (κ3) is 3.23. The number of rotatable bonds is 5. The maximum atomic E-state index is 10.7. The van der Waals surface area contributed by atoms with Gasteiger partial charge in [0.05, 0.1) is 11.5 Å². The number of hydrogen-bond donors (Lipinski definition) is 1. The van der Waals surface area contributed by atoms with E-state index >= 15 is 0 Å². The summed E-state index contributed by atoms with van der Waals surface area (Å²) in [6.07, 6.45) is 3.56. The first-order chi connectivity index (χ1) is 9.11. The molecule has 1 aliphatic carbocycles. The van der Waals surface area contributed by atoms with Crippen LogP contribution in [0.2, 0.25) is 0 Å². The molecule has 2 N–H and O–H groups in total. The molecule has 0 aromatic heterocycles. The second-order valence-electron chi connectivity index (χ2n) is 5.20. The fourth-order valence-corrected chi connectivity index (χ4v) is 2.77. The van der Waals surface area contributed by atoms with Gasteiger partial charge in [0.2, 0.25) is 0 Å². The van der Waals surface area contributed by atoms with Crippen molar-refractivity contribution in [3.63, 3.8) is 0 Å². The lowest BCUT2D eigenvalue weighted by Gasteiger charge is -2.18. The number of nitrogens with two attached hydrogens (primary N) is 1. The maximum Gasteiger partial charge on any atom is 0.272 e. The highest BCUT2D eigenvalue weighted by atomic mass is 16.6. The molecular formula is C14H20N2O3. The molecule has 1 fully saturated rings. The standard InChI is InChI=1S/C14H20N2O3/c1-10-7-13(5-6-14(10)16(17)18)19-9-12-4-2-3-11(12)8-15/h5-7,11-12H,2-4,8-9,15H2,1H3. The number of benzene rings is 1. The second kappa shape index (κ2) is 6.02. The predicted octanol–water partition coefficient (Wildman–Crippen LogP) is 2.66. The van der Waals surface area contributed by atoms with Gasteiger partial charge in [0.25, 0.3) is 5.69 Å². The van der Waals surface area contributed by atoms with E-state index in [9.17, 15) is 10.1 Å². The fraction of sp³-hybridized carbons (Fsp3) is 0.571. The van der Waals surface area contributed by atoms with Gasteiger partial charge in [-0.15, -0.1) is 0 Å². The molecule has 0 aliphatic heterocycles. The van der Waals surface area contributed by atoms with Crippen LogP contribution in [0.4, 0.5) is 5.69 Å². The van der Waals surface area contributed by atoms with Gasteiger partial charge in [-0.3, -0.25) is 10.1 Å². The second-order valence-corrected chi connectivity index (χ2v) is 5.20. The minimum Gasteiger partial charge on any atom is -0.493 e. The normalized spacial score (nSPS) is 22.4. The Hall–Kier alpha value is -1.62. The lowest BCUT2D eigenvalue weighted by Crippen LogP contribution is -2.23. The molecule has 104 valence electrons. The third-order valence-electron chi connectivity index (χ3n) is 3.95. The molecule has 2 unspecified atom stereocenters. The third-order valence-corrected chi connectivity index (χ3v) is 3.95. The Morgan fingerprint density at radius 1 is 1.42 bits per heavy atom. The van der Waals surface area contributed by atoms with E-state index in [1.807, 2.05) is 0 Å². The SMILES string of the molecule is Cc1cc(OCC2CCCC2CN)ccc1[N+](=O)[O-]. The average molecular weight is 264 g/mol. The van der Waals surface area contributed by atoms with E-state index in [-0.39, 0.29) is 10.6 Å². The van der Waals surface area contributed by atoms with Gasteiger partial charge >= 0.3 is 0 Å². The highest BCUT2D eigenvalue weighted by molar-refractivity contribution is 5.44. The lowest BCUT2D eigenvalue weighted by atomic mass is 9.97. The molecule has 2 rings (SSSR count). The fourth-order valence-electron chi connectivity index (χ4n) is 2.77. The van der Waals surface area contributed by atoms with Gasteiger partial charge < -0.3 is 10.5 Å². The molecule has 1 aromatic carbocycles. The average Bonchev–Trinajstić information content (AvgIpc) is 2.83. The summed E-state index contributed by atoms with van der Waals surface area (Å²) in [5, 5.41) is 10.7. The molecule has 1 saturated carbocycles. The van der Waals surface area contributed by atoms with Crippen molar-refractivity contribution in [1.82, 2.24) is 0 Å². The van der Waals surface area contributed by atoms with E-state index in [2.05, 4.69) is 0 Å². The van der Waals surface area contributed by atoms with Gasteiger partial charge in [0, 0.05) is 11.6 Å². The Morgan fingerprint density at radius 3 is 2.79 bits per heavy atom. The largest absolute Gasteiger partial charge is 0.493 e. The van der Waals surface area contributed by atoms with E-state index < -0.39 is 0 Å². The predicted molar refractivity (Wildman–Crippen MR) is 73.2 cm³/mol. The quantitative estimate of drug-likeness (QED) is 0.655. The van der Waals surface area contributed by atoms with Crippen LogP contribution in [0.25, 0.3) is 0 Å². The Bertz CT molecular complexity index is 462. The highest BCUT2D eigenvalue weighted by Crippen LogP contribution is 2.32. The van der Waals surface area contributed by atoms with E-state index in [4.69, 9.17) is 10.5 Å². The van der Waals surface area contributed by atoms with Crippen LogP contribution in [-0.2, 0) is 0 Å². The van der Waals surface area contributed by atoms with Crippen LogP contribution in [0.5, 0.6) is 5.75 Å². The van der Waals surface area contributed by atoms with Gasteiger partial charge in [0.15, 0.2) is 0 Å². The molecule has 0 spiro atoms. The van der Waals surface area contributed by atoms with Crippen LogP contribution in [0.1, 0.15) is 24.8 Å². The number of nitrogens with zero attached hydrogens (tertiary/aromatic N) is 1. The Kier molecular flexibility index (Phi) is 4.37. The van der Waals surface area contributed by atoms with Gasteiger partial charge in [-0.05, 0) is 50.3 Å². The zero-order chi connectivity index (χ0) is 13.8. The number of aryl methyl sites for hydroxylation is 1. The Balaban J connectivity index is 1.96.